The topological polar surface area (TPSA) is 78.6 Å². The lowest BCUT2D eigenvalue weighted by atomic mass is 10.0. The largest absolute Gasteiger partial charge is 0.465 e. The zero-order valence-electron chi connectivity index (χ0n) is 10.0. The molecule has 1 atom stereocenters. The van der Waals surface area contributed by atoms with Crippen molar-refractivity contribution in [3.05, 3.63) is 0 Å². The van der Waals surface area contributed by atoms with Crippen molar-refractivity contribution in [2.24, 2.45) is 11.7 Å². The highest BCUT2D eigenvalue weighted by molar-refractivity contribution is 5.66. The van der Waals surface area contributed by atoms with Gasteiger partial charge in [-0.05, 0) is 6.42 Å². The standard InChI is InChI=1S/C11H21NO4/c1-3-4-5-6-10(7-15-9(2)13)8-16-11(12)14/h10H,3-8H2,1-2H3,(H2,12,14)/t10-/m0/s1. The van der Waals surface area contributed by atoms with E-state index in [2.05, 4.69) is 6.92 Å². The van der Waals surface area contributed by atoms with Gasteiger partial charge in [-0.3, -0.25) is 4.79 Å². The van der Waals surface area contributed by atoms with Gasteiger partial charge in [-0.2, -0.15) is 0 Å². The minimum Gasteiger partial charge on any atom is -0.465 e. The average molecular weight is 231 g/mol. The van der Waals surface area contributed by atoms with Crippen LogP contribution in [0.15, 0.2) is 0 Å². The number of ether oxygens (including phenoxy) is 2. The Morgan fingerprint density at radius 3 is 2.31 bits per heavy atom. The summed E-state index contributed by atoms with van der Waals surface area (Å²) in [6.45, 7) is 3.97. The first-order chi connectivity index (χ1) is 7.56. The molecule has 0 saturated heterocycles. The number of hydrogen-bond acceptors (Lipinski definition) is 4. The molecule has 0 saturated carbocycles. The van der Waals surface area contributed by atoms with E-state index in [0.29, 0.717) is 0 Å². The predicted molar refractivity (Wildman–Crippen MR) is 59.8 cm³/mol. The molecule has 0 rings (SSSR count). The summed E-state index contributed by atoms with van der Waals surface area (Å²) in [4.78, 5) is 21.1. The molecule has 0 unspecified atom stereocenters. The number of unbranched alkanes of at least 4 members (excludes halogenated alkanes) is 2. The van der Waals surface area contributed by atoms with Crippen molar-refractivity contribution in [2.45, 2.75) is 39.5 Å². The van der Waals surface area contributed by atoms with Crippen LogP contribution >= 0.6 is 0 Å². The summed E-state index contributed by atoms with van der Waals surface area (Å²) in [6.07, 6.45) is 3.35. The minimum absolute atomic E-state index is 0.0444. The summed E-state index contributed by atoms with van der Waals surface area (Å²) < 4.78 is 9.61. The molecule has 0 radical (unpaired) electrons. The summed E-state index contributed by atoms with van der Waals surface area (Å²) >= 11 is 0. The number of carbonyl (C=O) groups excluding carboxylic acids is 2. The van der Waals surface area contributed by atoms with E-state index in [-0.39, 0.29) is 25.1 Å². The van der Waals surface area contributed by atoms with E-state index in [1.807, 2.05) is 0 Å². The minimum atomic E-state index is -0.789. The Morgan fingerprint density at radius 1 is 1.19 bits per heavy atom. The maximum absolute atomic E-state index is 10.7. The van der Waals surface area contributed by atoms with Gasteiger partial charge in [0.05, 0.1) is 13.2 Å². The Balaban J connectivity index is 3.84. The van der Waals surface area contributed by atoms with Crippen molar-refractivity contribution >= 4 is 12.1 Å². The monoisotopic (exact) mass is 231 g/mol. The zero-order chi connectivity index (χ0) is 12.4. The number of hydrogen-bond donors (Lipinski definition) is 1. The van der Waals surface area contributed by atoms with Gasteiger partial charge in [-0.1, -0.05) is 26.2 Å². The zero-order valence-corrected chi connectivity index (χ0v) is 10.0. The number of nitrogens with two attached hydrogens (primary N) is 1. The molecule has 0 aliphatic carbocycles. The van der Waals surface area contributed by atoms with Gasteiger partial charge >= 0.3 is 12.1 Å². The van der Waals surface area contributed by atoms with Crippen LogP contribution in [0.5, 0.6) is 0 Å². The maximum atomic E-state index is 10.7. The Bertz CT molecular complexity index is 200. The Morgan fingerprint density at radius 2 is 1.81 bits per heavy atom. The molecule has 2 N–H and O–H groups in total. The first kappa shape index (κ1) is 14.7. The highest BCUT2D eigenvalue weighted by Gasteiger charge is 2.12. The van der Waals surface area contributed by atoms with E-state index >= 15 is 0 Å². The SMILES string of the molecule is CCCCC[C@@H](COC(C)=O)COC(N)=O. The first-order valence-electron chi connectivity index (χ1n) is 5.61. The first-order valence-corrected chi connectivity index (χ1v) is 5.61. The van der Waals surface area contributed by atoms with Crippen LogP contribution in [0.3, 0.4) is 0 Å². The summed E-state index contributed by atoms with van der Waals surface area (Å²) in [7, 11) is 0. The number of esters is 1. The fraction of sp³-hybridized carbons (Fsp3) is 0.818. The maximum Gasteiger partial charge on any atom is 0.404 e. The second-order valence-electron chi connectivity index (χ2n) is 3.79. The number of amides is 1. The molecule has 0 bridgehead atoms. The van der Waals surface area contributed by atoms with Crippen molar-refractivity contribution < 1.29 is 19.1 Å². The quantitative estimate of drug-likeness (QED) is 0.510. The molecular weight excluding hydrogens is 210 g/mol. The van der Waals surface area contributed by atoms with Crippen LogP contribution in [0.25, 0.3) is 0 Å². The molecule has 0 heterocycles. The summed E-state index contributed by atoms with van der Waals surface area (Å²) in [5, 5.41) is 0. The van der Waals surface area contributed by atoms with Crippen molar-refractivity contribution in [1.29, 1.82) is 0 Å². The summed E-state index contributed by atoms with van der Waals surface area (Å²) in [6, 6.07) is 0. The Labute approximate surface area is 96.3 Å². The molecule has 1 amide bonds. The van der Waals surface area contributed by atoms with Gasteiger partial charge in [0.1, 0.15) is 0 Å². The van der Waals surface area contributed by atoms with Crippen LogP contribution in [0.4, 0.5) is 4.79 Å². The average Bonchev–Trinajstić information content (AvgIpc) is 2.21. The van der Waals surface area contributed by atoms with Crippen LogP contribution in [0.2, 0.25) is 0 Å². The molecule has 0 aliphatic rings. The Hall–Kier alpha value is -1.26. The van der Waals surface area contributed by atoms with Gasteiger partial charge < -0.3 is 15.2 Å². The smallest absolute Gasteiger partial charge is 0.404 e. The van der Waals surface area contributed by atoms with E-state index in [1.165, 1.54) is 6.92 Å². The van der Waals surface area contributed by atoms with Crippen LogP contribution < -0.4 is 5.73 Å². The third-order valence-electron chi connectivity index (χ3n) is 2.20. The van der Waals surface area contributed by atoms with Crippen molar-refractivity contribution in [2.75, 3.05) is 13.2 Å². The lowest BCUT2D eigenvalue weighted by molar-refractivity contribution is -0.142. The molecule has 5 nitrogen and oxygen atoms in total. The molecule has 0 aliphatic heterocycles. The van der Waals surface area contributed by atoms with Gasteiger partial charge in [-0.15, -0.1) is 0 Å². The van der Waals surface area contributed by atoms with E-state index in [4.69, 9.17) is 15.2 Å². The summed E-state index contributed by atoms with van der Waals surface area (Å²) in [5.74, 6) is -0.275. The lowest BCUT2D eigenvalue weighted by Gasteiger charge is -2.15. The van der Waals surface area contributed by atoms with Crippen molar-refractivity contribution in [3.63, 3.8) is 0 Å². The highest BCUT2D eigenvalue weighted by Crippen LogP contribution is 2.11. The van der Waals surface area contributed by atoms with Crippen LogP contribution in [0.1, 0.15) is 39.5 Å². The third-order valence-corrected chi connectivity index (χ3v) is 2.20. The second-order valence-corrected chi connectivity index (χ2v) is 3.79. The number of carbonyl (C=O) groups is 2. The third kappa shape index (κ3) is 9.30. The fourth-order valence-corrected chi connectivity index (χ4v) is 1.33. The lowest BCUT2D eigenvalue weighted by Crippen LogP contribution is -2.22. The predicted octanol–water partition coefficient (Wildman–Crippen LogP) is 1.84. The molecule has 16 heavy (non-hydrogen) atoms. The molecule has 0 aromatic heterocycles. The van der Waals surface area contributed by atoms with Gasteiger partial charge in [0.25, 0.3) is 0 Å². The van der Waals surface area contributed by atoms with Gasteiger partial charge in [0.15, 0.2) is 0 Å². The fourth-order valence-electron chi connectivity index (χ4n) is 1.33. The van der Waals surface area contributed by atoms with Gasteiger partial charge in [0, 0.05) is 12.8 Å². The highest BCUT2D eigenvalue weighted by atomic mass is 16.6. The Kier molecular flexibility index (Phi) is 8.29. The van der Waals surface area contributed by atoms with Crippen molar-refractivity contribution in [3.8, 4) is 0 Å². The van der Waals surface area contributed by atoms with Gasteiger partial charge in [-0.25, -0.2) is 4.79 Å². The normalized spacial score (nSPS) is 11.9. The van der Waals surface area contributed by atoms with E-state index in [1.54, 1.807) is 0 Å². The molecule has 0 spiro atoms. The summed E-state index contributed by atoms with van der Waals surface area (Å²) in [5.41, 5.74) is 4.88. The molecular formula is C11H21NO4. The van der Waals surface area contributed by atoms with Crippen LogP contribution in [-0.4, -0.2) is 25.3 Å². The van der Waals surface area contributed by atoms with E-state index in [9.17, 15) is 9.59 Å². The molecule has 0 fully saturated rings. The number of rotatable bonds is 8. The van der Waals surface area contributed by atoms with Gasteiger partial charge in [0.2, 0.25) is 0 Å². The molecule has 0 aromatic carbocycles. The molecule has 0 aromatic rings. The molecule has 94 valence electrons. The number of primary amides is 1. The van der Waals surface area contributed by atoms with E-state index < -0.39 is 6.09 Å². The van der Waals surface area contributed by atoms with Crippen molar-refractivity contribution in [1.82, 2.24) is 0 Å². The van der Waals surface area contributed by atoms with Crippen LogP contribution in [0, 0.1) is 5.92 Å². The van der Waals surface area contributed by atoms with Crippen LogP contribution in [-0.2, 0) is 14.3 Å². The molecule has 5 heteroatoms. The van der Waals surface area contributed by atoms with E-state index in [0.717, 1.165) is 25.7 Å². The second kappa shape index (κ2) is 9.00.